The smallest absolute Gasteiger partial charge is 0.147 e. The van der Waals surface area contributed by atoms with Gasteiger partial charge in [0, 0.05) is 26.2 Å². The number of hydrogen-bond donors (Lipinski definition) is 1. The number of nitrogens with zero attached hydrogens (tertiary/aromatic N) is 1. The average Bonchev–Trinajstić information content (AvgIpc) is 3.02. The maximum atomic E-state index is 6.18. The lowest BCUT2D eigenvalue weighted by Crippen LogP contribution is -2.06. The molecule has 0 unspecified atom stereocenters. The van der Waals surface area contributed by atoms with Gasteiger partial charge < -0.3 is 9.84 Å². The fourth-order valence-corrected chi connectivity index (χ4v) is 3.22. The summed E-state index contributed by atoms with van der Waals surface area (Å²) >= 11 is 24.3. The Labute approximate surface area is 165 Å². The first-order valence-corrected chi connectivity index (χ1v) is 8.80. The third kappa shape index (κ3) is 4.50. The molecule has 0 saturated carbocycles. The van der Waals surface area contributed by atoms with Crippen LogP contribution in [0.15, 0.2) is 58.0 Å². The van der Waals surface area contributed by atoms with E-state index < -0.39 is 0 Å². The van der Waals surface area contributed by atoms with Crippen molar-refractivity contribution in [3.63, 3.8) is 0 Å². The molecule has 3 rings (SSSR count). The third-order valence-electron chi connectivity index (χ3n) is 3.42. The van der Waals surface area contributed by atoms with E-state index >= 15 is 0 Å². The van der Waals surface area contributed by atoms with Crippen molar-refractivity contribution in [2.45, 2.75) is 6.54 Å². The van der Waals surface area contributed by atoms with Gasteiger partial charge in [0.2, 0.25) is 0 Å². The number of hydrogen-bond acceptors (Lipinski definition) is 3. The van der Waals surface area contributed by atoms with E-state index in [1.165, 1.54) is 0 Å². The van der Waals surface area contributed by atoms with Crippen LogP contribution in [0.5, 0.6) is 0 Å². The van der Waals surface area contributed by atoms with Crippen molar-refractivity contribution in [1.82, 2.24) is 5.43 Å². The average molecular weight is 414 g/mol. The minimum atomic E-state index is 0.408. The van der Waals surface area contributed by atoms with Gasteiger partial charge in [-0.2, -0.15) is 5.10 Å². The van der Waals surface area contributed by atoms with Gasteiger partial charge in [-0.15, -0.1) is 0 Å². The molecule has 0 saturated heterocycles. The summed E-state index contributed by atoms with van der Waals surface area (Å²) in [6, 6.07) is 14.2. The number of halogens is 4. The Morgan fingerprint density at radius 1 is 0.920 bits per heavy atom. The SMILES string of the molecule is Clc1ccc(-c2ccc(/C=N\NCc3c(Cl)cccc3Cl)o2)c(Cl)c1. The van der Waals surface area contributed by atoms with Crippen LogP contribution in [0.3, 0.4) is 0 Å². The van der Waals surface area contributed by atoms with Gasteiger partial charge in [-0.05, 0) is 42.5 Å². The lowest BCUT2D eigenvalue weighted by atomic mass is 10.2. The van der Waals surface area contributed by atoms with Crippen molar-refractivity contribution in [3.8, 4) is 11.3 Å². The van der Waals surface area contributed by atoms with Gasteiger partial charge in [-0.1, -0.05) is 52.5 Å². The largest absolute Gasteiger partial charge is 0.455 e. The monoisotopic (exact) mass is 412 g/mol. The molecular weight excluding hydrogens is 402 g/mol. The maximum absolute atomic E-state index is 6.18. The van der Waals surface area contributed by atoms with E-state index in [0.29, 0.717) is 38.2 Å². The first-order chi connectivity index (χ1) is 12.0. The molecule has 3 nitrogen and oxygen atoms in total. The van der Waals surface area contributed by atoms with Gasteiger partial charge in [0.25, 0.3) is 0 Å². The number of furan rings is 1. The summed E-state index contributed by atoms with van der Waals surface area (Å²) < 4.78 is 5.72. The normalized spacial score (nSPS) is 11.2. The van der Waals surface area contributed by atoms with Gasteiger partial charge in [-0.25, -0.2) is 0 Å². The summed E-state index contributed by atoms with van der Waals surface area (Å²) in [5, 5.41) is 6.40. The van der Waals surface area contributed by atoms with Gasteiger partial charge in [0.15, 0.2) is 0 Å². The van der Waals surface area contributed by atoms with Gasteiger partial charge in [0.05, 0.1) is 17.8 Å². The zero-order valence-electron chi connectivity index (χ0n) is 12.8. The molecule has 1 aromatic heterocycles. The molecule has 0 bridgehead atoms. The first-order valence-electron chi connectivity index (χ1n) is 7.28. The van der Waals surface area contributed by atoms with Crippen LogP contribution in [0.4, 0.5) is 0 Å². The Kier molecular flexibility index (Phi) is 5.92. The molecule has 0 fully saturated rings. The van der Waals surface area contributed by atoms with E-state index in [1.807, 2.05) is 12.1 Å². The number of nitrogens with one attached hydrogen (secondary N) is 1. The molecule has 1 N–H and O–H groups in total. The van der Waals surface area contributed by atoms with Crippen LogP contribution in [0.2, 0.25) is 20.1 Å². The first kappa shape index (κ1) is 18.2. The van der Waals surface area contributed by atoms with Gasteiger partial charge >= 0.3 is 0 Å². The Morgan fingerprint density at radius 2 is 1.68 bits per heavy atom. The van der Waals surface area contributed by atoms with Crippen LogP contribution in [0, 0.1) is 0 Å². The Balaban J connectivity index is 1.66. The van der Waals surface area contributed by atoms with E-state index in [0.717, 1.165) is 11.1 Å². The van der Waals surface area contributed by atoms with Crippen LogP contribution in [0.25, 0.3) is 11.3 Å². The Morgan fingerprint density at radius 3 is 2.40 bits per heavy atom. The van der Waals surface area contributed by atoms with Crippen LogP contribution in [-0.4, -0.2) is 6.21 Å². The molecule has 7 heteroatoms. The molecule has 0 spiro atoms. The molecule has 128 valence electrons. The lowest BCUT2D eigenvalue weighted by Gasteiger charge is -2.05. The molecule has 3 aromatic rings. The molecule has 0 aliphatic carbocycles. The molecular formula is C18H12Cl4N2O. The molecule has 2 aromatic carbocycles. The Hall–Kier alpha value is -1.65. The second-order valence-electron chi connectivity index (χ2n) is 5.12. The second kappa shape index (κ2) is 8.15. The van der Waals surface area contributed by atoms with Crippen molar-refractivity contribution in [1.29, 1.82) is 0 Å². The highest BCUT2D eigenvalue weighted by atomic mass is 35.5. The van der Waals surface area contributed by atoms with Crippen molar-refractivity contribution >= 4 is 52.6 Å². The summed E-state index contributed by atoms with van der Waals surface area (Å²) in [6.45, 7) is 0.408. The second-order valence-corrected chi connectivity index (χ2v) is 6.78. The van der Waals surface area contributed by atoms with E-state index in [4.69, 9.17) is 50.8 Å². The molecule has 0 atom stereocenters. The van der Waals surface area contributed by atoms with Crippen LogP contribution in [0.1, 0.15) is 11.3 Å². The van der Waals surface area contributed by atoms with Crippen LogP contribution in [-0.2, 0) is 6.54 Å². The van der Waals surface area contributed by atoms with Crippen molar-refractivity contribution in [2.24, 2.45) is 5.10 Å². The highest BCUT2D eigenvalue weighted by Gasteiger charge is 2.08. The van der Waals surface area contributed by atoms with Crippen molar-refractivity contribution in [2.75, 3.05) is 0 Å². The zero-order chi connectivity index (χ0) is 17.8. The lowest BCUT2D eigenvalue weighted by molar-refractivity contribution is 0.573. The van der Waals surface area contributed by atoms with Crippen LogP contribution >= 0.6 is 46.4 Å². The molecule has 0 aliphatic heterocycles. The number of hydrazone groups is 1. The molecule has 25 heavy (non-hydrogen) atoms. The predicted octanol–water partition coefficient (Wildman–Crippen LogP) is 6.68. The minimum Gasteiger partial charge on any atom is -0.455 e. The van der Waals surface area contributed by atoms with Crippen molar-refractivity contribution in [3.05, 3.63) is 79.9 Å². The van der Waals surface area contributed by atoms with E-state index in [-0.39, 0.29) is 0 Å². The summed E-state index contributed by atoms with van der Waals surface area (Å²) in [4.78, 5) is 0. The molecule has 0 radical (unpaired) electrons. The van der Waals surface area contributed by atoms with E-state index in [1.54, 1.807) is 42.6 Å². The highest BCUT2D eigenvalue weighted by Crippen LogP contribution is 2.31. The molecule has 0 amide bonds. The number of benzene rings is 2. The van der Waals surface area contributed by atoms with Crippen molar-refractivity contribution < 1.29 is 4.42 Å². The van der Waals surface area contributed by atoms with Crippen LogP contribution < -0.4 is 5.43 Å². The molecule has 1 heterocycles. The summed E-state index contributed by atoms with van der Waals surface area (Å²) in [6.07, 6.45) is 1.57. The quantitative estimate of drug-likeness (QED) is 0.374. The summed E-state index contributed by atoms with van der Waals surface area (Å²) in [5.74, 6) is 1.22. The summed E-state index contributed by atoms with van der Waals surface area (Å²) in [5.41, 5.74) is 4.45. The standard InChI is InChI=1S/C18H12Cl4N2O/c19-11-4-6-13(17(22)8-11)18-7-5-12(25-18)9-23-24-10-14-15(20)2-1-3-16(14)21/h1-9,24H,10H2/b23-9-. The fourth-order valence-electron chi connectivity index (χ4n) is 2.19. The predicted molar refractivity (Wildman–Crippen MR) is 105 cm³/mol. The maximum Gasteiger partial charge on any atom is 0.147 e. The van der Waals surface area contributed by atoms with Gasteiger partial charge in [0.1, 0.15) is 11.5 Å². The minimum absolute atomic E-state index is 0.408. The topological polar surface area (TPSA) is 37.5 Å². The van der Waals surface area contributed by atoms with E-state index in [2.05, 4.69) is 10.5 Å². The number of rotatable bonds is 5. The highest BCUT2D eigenvalue weighted by molar-refractivity contribution is 6.36. The fraction of sp³-hybridized carbons (Fsp3) is 0.0556. The van der Waals surface area contributed by atoms with E-state index in [9.17, 15) is 0 Å². The zero-order valence-corrected chi connectivity index (χ0v) is 15.8. The summed E-state index contributed by atoms with van der Waals surface area (Å²) in [7, 11) is 0. The van der Waals surface area contributed by atoms with Gasteiger partial charge in [-0.3, -0.25) is 0 Å². The molecule has 0 aliphatic rings. The Bertz CT molecular complexity index is 901. The third-order valence-corrected chi connectivity index (χ3v) is 4.68.